The number of amides is 1. The minimum atomic E-state index is -0.117. The van der Waals surface area contributed by atoms with E-state index in [0.29, 0.717) is 0 Å². The summed E-state index contributed by atoms with van der Waals surface area (Å²) in [6, 6.07) is 0. The number of hydrogen-bond donors (Lipinski definition) is 1. The van der Waals surface area contributed by atoms with Gasteiger partial charge in [-0.15, -0.1) is 6.58 Å². The van der Waals surface area contributed by atoms with Crippen LogP contribution in [-0.2, 0) is 4.79 Å². The molecule has 0 aromatic heterocycles. The van der Waals surface area contributed by atoms with Crippen LogP contribution in [0.15, 0.2) is 12.7 Å². The molecule has 2 heteroatoms. The summed E-state index contributed by atoms with van der Waals surface area (Å²) in [4.78, 5) is 11.1. The van der Waals surface area contributed by atoms with Crippen LogP contribution < -0.4 is 5.73 Å². The van der Waals surface area contributed by atoms with Gasteiger partial charge in [-0.3, -0.25) is 4.79 Å². The maximum atomic E-state index is 11.1. The van der Waals surface area contributed by atoms with E-state index in [1.54, 1.807) is 0 Å². The summed E-state index contributed by atoms with van der Waals surface area (Å²) in [6.45, 7) is 5.81. The second kappa shape index (κ2) is 10.7. The van der Waals surface area contributed by atoms with Gasteiger partial charge in [0.25, 0.3) is 0 Å². The van der Waals surface area contributed by atoms with E-state index in [0.717, 1.165) is 32.1 Å². The van der Waals surface area contributed by atoms with Gasteiger partial charge in [0.15, 0.2) is 0 Å². The molecule has 0 aliphatic rings. The van der Waals surface area contributed by atoms with Crippen LogP contribution in [0.4, 0.5) is 0 Å². The smallest absolute Gasteiger partial charge is 0.220 e. The minimum Gasteiger partial charge on any atom is -0.369 e. The largest absolute Gasteiger partial charge is 0.369 e. The van der Waals surface area contributed by atoms with Gasteiger partial charge in [0.05, 0.1) is 0 Å². The highest BCUT2D eigenvalue weighted by Gasteiger charge is 2.12. The van der Waals surface area contributed by atoms with Gasteiger partial charge >= 0.3 is 0 Å². The van der Waals surface area contributed by atoms with Gasteiger partial charge < -0.3 is 5.73 Å². The van der Waals surface area contributed by atoms with Crippen molar-refractivity contribution >= 4 is 5.91 Å². The summed E-state index contributed by atoms with van der Waals surface area (Å²) in [5, 5.41) is 0. The van der Waals surface area contributed by atoms with Crippen molar-refractivity contribution in [3.63, 3.8) is 0 Å². The molecule has 0 aliphatic carbocycles. The number of primary amides is 1. The van der Waals surface area contributed by atoms with Crippen LogP contribution in [0, 0.1) is 5.92 Å². The molecule has 0 fully saturated rings. The lowest BCUT2D eigenvalue weighted by Crippen LogP contribution is -2.23. The van der Waals surface area contributed by atoms with Crippen LogP contribution in [0.3, 0.4) is 0 Å². The summed E-state index contributed by atoms with van der Waals surface area (Å²) < 4.78 is 0. The van der Waals surface area contributed by atoms with Crippen molar-refractivity contribution in [3.8, 4) is 0 Å². The van der Waals surface area contributed by atoms with E-state index in [2.05, 4.69) is 13.5 Å². The number of unbranched alkanes of at least 4 members (excludes halogenated alkanes) is 5. The first-order valence-electron chi connectivity index (χ1n) is 6.62. The maximum absolute atomic E-state index is 11.1. The molecular formula is C14H27NO. The Labute approximate surface area is 100 Å². The molecule has 0 radical (unpaired) electrons. The summed E-state index contributed by atoms with van der Waals surface area (Å²) in [7, 11) is 0. The third-order valence-electron chi connectivity index (χ3n) is 3.00. The molecule has 94 valence electrons. The molecule has 0 saturated carbocycles. The standard InChI is InChI=1S/C14H27NO/c1-3-5-6-7-8-9-10-12-13(11-4-2)14(15)16/h3,13H,1,4-12H2,2H3,(H2,15,16). The molecule has 1 atom stereocenters. The fourth-order valence-corrected chi connectivity index (χ4v) is 1.99. The van der Waals surface area contributed by atoms with Crippen LogP contribution in [0.25, 0.3) is 0 Å². The van der Waals surface area contributed by atoms with Gasteiger partial charge in [0.1, 0.15) is 0 Å². The molecule has 0 bridgehead atoms. The van der Waals surface area contributed by atoms with Crippen molar-refractivity contribution in [3.05, 3.63) is 12.7 Å². The van der Waals surface area contributed by atoms with Gasteiger partial charge in [-0.1, -0.05) is 45.1 Å². The molecule has 0 aromatic rings. The lowest BCUT2D eigenvalue weighted by Gasteiger charge is -2.11. The molecule has 0 saturated heterocycles. The minimum absolute atomic E-state index is 0.109. The Morgan fingerprint density at radius 3 is 2.38 bits per heavy atom. The third-order valence-corrected chi connectivity index (χ3v) is 3.00. The highest BCUT2D eigenvalue weighted by atomic mass is 16.1. The van der Waals surface area contributed by atoms with E-state index in [9.17, 15) is 4.79 Å². The van der Waals surface area contributed by atoms with Crippen molar-refractivity contribution < 1.29 is 4.79 Å². The highest BCUT2D eigenvalue weighted by molar-refractivity contribution is 5.76. The molecule has 0 spiro atoms. The lowest BCUT2D eigenvalue weighted by molar-refractivity contribution is -0.122. The summed E-state index contributed by atoms with van der Waals surface area (Å²) in [5.74, 6) is -0.00770. The summed E-state index contributed by atoms with van der Waals surface area (Å²) in [5.41, 5.74) is 5.35. The first-order valence-corrected chi connectivity index (χ1v) is 6.62. The zero-order valence-electron chi connectivity index (χ0n) is 10.7. The molecule has 1 amide bonds. The number of hydrogen-bond acceptors (Lipinski definition) is 1. The number of carbonyl (C=O) groups excluding carboxylic acids is 1. The van der Waals surface area contributed by atoms with E-state index >= 15 is 0 Å². The quantitative estimate of drug-likeness (QED) is 0.422. The summed E-state index contributed by atoms with van der Waals surface area (Å²) in [6.07, 6.45) is 12.2. The first kappa shape index (κ1) is 15.2. The fraction of sp³-hybridized carbons (Fsp3) is 0.786. The van der Waals surface area contributed by atoms with Crippen LogP contribution >= 0.6 is 0 Å². The molecular weight excluding hydrogens is 198 g/mol. The van der Waals surface area contributed by atoms with E-state index in [1.807, 2.05) is 6.08 Å². The molecule has 0 heterocycles. The molecule has 0 aromatic carbocycles. The van der Waals surface area contributed by atoms with Crippen LogP contribution in [-0.4, -0.2) is 5.91 Å². The van der Waals surface area contributed by atoms with Gasteiger partial charge in [0, 0.05) is 5.92 Å². The van der Waals surface area contributed by atoms with E-state index in [1.165, 1.54) is 25.7 Å². The van der Waals surface area contributed by atoms with Crippen LogP contribution in [0.2, 0.25) is 0 Å². The maximum Gasteiger partial charge on any atom is 0.220 e. The molecule has 2 nitrogen and oxygen atoms in total. The Bertz CT molecular complexity index is 189. The van der Waals surface area contributed by atoms with Crippen molar-refractivity contribution in [2.75, 3.05) is 0 Å². The Morgan fingerprint density at radius 1 is 1.19 bits per heavy atom. The Morgan fingerprint density at radius 2 is 1.81 bits per heavy atom. The van der Waals surface area contributed by atoms with Crippen LogP contribution in [0.1, 0.15) is 64.7 Å². The normalized spacial score (nSPS) is 12.3. The second-order valence-corrected chi connectivity index (χ2v) is 4.52. The predicted molar refractivity (Wildman–Crippen MR) is 70.1 cm³/mol. The van der Waals surface area contributed by atoms with E-state index in [4.69, 9.17) is 5.73 Å². The zero-order chi connectivity index (χ0) is 12.2. The average molecular weight is 225 g/mol. The monoisotopic (exact) mass is 225 g/mol. The number of nitrogens with two attached hydrogens (primary N) is 1. The van der Waals surface area contributed by atoms with Gasteiger partial charge in [0.2, 0.25) is 5.91 Å². The van der Waals surface area contributed by atoms with E-state index in [-0.39, 0.29) is 11.8 Å². The second-order valence-electron chi connectivity index (χ2n) is 4.52. The number of allylic oxidation sites excluding steroid dienone is 1. The Hall–Kier alpha value is -0.790. The fourth-order valence-electron chi connectivity index (χ4n) is 1.99. The first-order chi connectivity index (χ1) is 7.72. The zero-order valence-corrected chi connectivity index (χ0v) is 10.7. The average Bonchev–Trinajstić information content (AvgIpc) is 2.26. The SMILES string of the molecule is C=CCCCCCCCC(CCC)C(N)=O. The highest BCUT2D eigenvalue weighted by Crippen LogP contribution is 2.16. The Kier molecular flexibility index (Phi) is 10.2. The Balaban J connectivity index is 3.40. The van der Waals surface area contributed by atoms with Gasteiger partial charge in [-0.25, -0.2) is 0 Å². The van der Waals surface area contributed by atoms with Crippen molar-refractivity contribution in [2.24, 2.45) is 11.7 Å². The number of carbonyl (C=O) groups is 1. The molecule has 0 rings (SSSR count). The lowest BCUT2D eigenvalue weighted by atomic mass is 9.95. The van der Waals surface area contributed by atoms with Crippen molar-refractivity contribution in [2.45, 2.75) is 64.7 Å². The topological polar surface area (TPSA) is 43.1 Å². The summed E-state index contributed by atoms with van der Waals surface area (Å²) >= 11 is 0. The molecule has 2 N–H and O–H groups in total. The van der Waals surface area contributed by atoms with Crippen molar-refractivity contribution in [1.29, 1.82) is 0 Å². The van der Waals surface area contributed by atoms with Crippen molar-refractivity contribution in [1.82, 2.24) is 0 Å². The predicted octanol–water partition coefficient (Wildman–Crippen LogP) is 3.80. The van der Waals surface area contributed by atoms with Crippen LogP contribution in [0.5, 0.6) is 0 Å². The van der Waals surface area contributed by atoms with Gasteiger partial charge in [-0.2, -0.15) is 0 Å². The van der Waals surface area contributed by atoms with Gasteiger partial charge in [-0.05, 0) is 25.7 Å². The molecule has 16 heavy (non-hydrogen) atoms. The van der Waals surface area contributed by atoms with E-state index < -0.39 is 0 Å². The molecule has 0 aliphatic heterocycles. The third kappa shape index (κ3) is 8.51. The number of rotatable bonds is 11. The molecule has 1 unspecified atom stereocenters.